The summed E-state index contributed by atoms with van der Waals surface area (Å²) in [7, 11) is 1.47. The van der Waals surface area contributed by atoms with Gasteiger partial charge in [0, 0.05) is 39.3 Å². The van der Waals surface area contributed by atoms with E-state index in [-0.39, 0.29) is 17.4 Å². The van der Waals surface area contributed by atoms with Gasteiger partial charge in [-0.2, -0.15) is 15.0 Å². The smallest absolute Gasteiger partial charge is 0.296 e. The molecule has 0 saturated carbocycles. The Morgan fingerprint density at radius 2 is 1.70 bits per heavy atom. The van der Waals surface area contributed by atoms with Crippen LogP contribution in [0.4, 0.5) is 32.2 Å². The topological polar surface area (TPSA) is 133 Å². The number of fused-ring (bicyclic) bond motifs is 1. The van der Waals surface area contributed by atoms with Crippen LogP contribution in [0.15, 0.2) is 36.5 Å². The van der Waals surface area contributed by atoms with Gasteiger partial charge in [0.1, 0.15) is 17.1 Å². The SMILES string of the molecule is COc1cccc2c1nc(C(F)F)n2-c1nc(N2CCOCC2)nc(N(CCCN2CCOCC2)c2ccc(N)cn2)n1. The number of pyridine rings is 1. The summed E-state index contributed by atoms with van der Waals surface area (Å²) in [5.41, 5.74) is 7.14. The maximum atomic E-state index is 14.5. The molecule has 43 heavy (non-hydrogen) atoms. The quantitative estimate of drug-likeness (QED) is 0.289. The van der Waals surface area contributed by atoms with E-state index in [1.54, 1.807) is 36.5 Å². The van der Waals surface area contributed by atoms with E-state index in [1.165, 1.54) is 11.7 Å². The normalized spacial score (nSPS) is 16.2. The highest BCUT2D eigenvalue weighted by atomic mass is 19.3. The maximum Gasteiger partial charge on any atom is 0.296 e. The van der Waals surface area contributed by atoms with E-state index in [0.717, 1.165) is 26.1 Å². The van der Waals surface area contributed by atoms with Crippen molar-refractivity contribution >= 4 is 34.4 Å². The van der Waals surface area contributed by atoms with Crippen molar-refractivity contribution in [3.63, 3.8) is 0 Å². The van der Waals surface area contributed by atoms with Crippen LogP contribution in [-0.4, -0.2) is 107 Å². The Hall–Kier alpha value is -4.21. The Bertz CT molecular complexity index is 1530. The number of imidazole rings is 1. The van der Waals surface area contributed by atoms with Gasteiger partial charge < -0.3 is 24.8 Å². The standard InChI is InChI=1S/C28H34F2N10O3/c1-41-21-5-2-4-20-23(21)33-25(24(29)30)40(20)28-35-26(38-12-16-43-17-13-38)34-27(36-28)39(22-7-6-19(31)18-32-22)9-3-8-37-10-14-42-15-11-37/h2,4-7,18,24H,3,8-17,31H2,1H3. The lowest BCUT2D eigenvalue weighted by molar-refractivity contribution is 0.0377. The number of halogens is 2. The third-order valence-electron chi connectivity index (χ3n) is 7.43. The fourth-order valence-corrected chi connectivity index (χ4v) is 5.23. The van der Waals surface area contributed by atoms with Gasteiger partial charge in [0.05, 0.1) is 50.9 Å². The number of para-hydroxylation sites is 1. The van der Waals surface area contributed by atoms with Gasteiger partial charge in [-0.05, 0) is 30.7 Å². The Labute approximate surface area is 247 Å². The highest BCUT2D eigenvalue weighted by Crippen LogP contribution is 2.33. The van der Waals surface area contributed by atoms with Crippen molar-refractivity contribution in [3.8, 4) is 11.7 Å². The van der Waals surface area contributed by atoms with Gasteiger partial charge in [-0.15, -0.1) is 0 Å². The number of benzene rings is 1. The average molecular weight is 597 g/mol. The van der Waals surface area contributed by atoms with Crippen LogP contribution in [0.1, 0.15) is 18.7 Å². The summed E-state index contributed by atoms with van der Waals surface area (Å²) in [4.78, 5) is 29.3. The molecule has 13 nitrogen and oxygen atoms in total. The van der Waals surface area contributed by atoms with Crippen LogP contribution < -0.4 is 20.3 Å². The highest BCUT2D eigenvalue weighted by Gasteiger charge is 2.27. The van der Waals surface area contributed by atoms with Crippen LogP contribution in [0.25, 0.3) is 17.0 Å². The van der Waals surface area contributed by atoms with Gasteiger partial charge in [-0.1, -0.05) is 6.07 Å². The number of rotatable bonds is 10. The highest BCUT2D eigenvalue weighted by molar-refractivity contribution is 5.84. The molecule has 2 saturated heterocycles. The van der Waals surface area contributed by atoms with Crippen molar-refractivity contribution in [3.05, 3.63) is 42.4 Å². The molecule has 2 aliphatic heterocycles. The molecule has 1 aromatic carbocycles. The minimum absolute atomic E-state index is 0.0196. The minimum Gasteiger partial charge on any atom is -0.494 e. The number of methoxy groups -OCH3 is 1. The van der Waals surface area contributed by atoms with Crippen LogP contribution in [0.5, 0.6) is 5.75 Å². The lowest BCUT2D eigenvalue weighted by Crippen LogP contribution is -2.39. The molecule has 4 aromatic rings. The van der Waals surface area contributed by atoms with Crippen molar-refractivity contribution in [1.82, 2.24) is 34.4 Å². The van der Waals surface area contributed by atoms with Gasteiger partial charge in [-0.25, -0.2) is 18.7 Å². The van der Waals surface area contributed by atoms with Gasteiger partial charge in [0.2, 0.25) is 17.8 Å². The molecule has 6 rings (SSSR count). The number of ether oxygens (including phenoxy) is 3. The number of hydrogen-bond donors (Lipinski definition) is 1. The number of nitrogen functional groups attached to an aromatic ring is 1. The molecule has 0 amide bonds. The lowest BCUT2D eigenvalue weighted by Gasteiger charge is -2.30. The summed E-state index contributed by atoms with van der Waals surface area (Å²) in [5, 5.41) is 0. The molecule has 3 aromatic heterocycles. The second kappa shape index (κ2) is 13.0. The van der Waals surface area contributed by atoms with Crippen LogP contribution in [0.2, 0.25) is 0 Å². The molecule has 0 atom stereocenters. The first kappa shape index (κ1) is 28.9. The molecule has 0 aliphatic carbocycles. The zero-order valence-corrected chi connectivity index (χ0v) is 23.9. The van der Waals surface area contributed by atoms with E-state index in [2.05, 4.69) is 14.9 Å². The molecule has 0 unspecified atom stereocenters. The summed E-state index contributed by atoms with van der Waals surface area (Å²) in [6.45, 7) is 6.57. The first-order valence-electron chi connectivity index (χ1n) is 14.2. The van der Waals surface area contributed by atoms with Crippen molar-refractivity contribution in [2.24, 2.45) is 0 Å². The Balaban J connectivity index is 1.47. The van der Waals surface area contributed by atoms with Gasteiger partial charge in [0.25, 0.3) is 6.43 Å². The Kier molecular flexibility index (Phi) is 8.72. The molecular formula is C28H34F2N10O3. The van der Waals surface area contributed by atoms with Gasteiger partial charge in [-0.3, -0.25) is 14.4 Å². The number of nitrogens with two attached hydrogens (primary N) is 1. The summed E-state index contributed by atoms with van der Waals surface area (Å²) in [6, 6.07) is 8.64. The molecule has 5 heterocycles. The second-order valence-electron chi connectivity index (χ2n) is 10.2. The maximum absolute atomic E-state index is 14.5. The number of aromatic nitrogens is 6. The second-order valence-corrected chi connectivity index (χ2v) is 10.2. The van der Waals surface area contributed by atoms with E-state index in [9.17, 15) is 8.78 Å². The molecule has 2 aliphatic rings. The number of morpholine rings is 2. The van der Waals surface area contributed by atoms with E-state index in [4.69, 9.17) is 34.9 Å². The molecule has 0 bridgehead atoms. The molecule has 2 N–H and O–H groups in total. The van der Waals surface area contributed by atoms with Crippen molar-refractivity contribution in [1.29, 1.82) is 0 Å². The minimum atomic E-state index is -2.90. The lowest BCUT2D eigenvalue weighted by atomic mass is 10.3. The van der Waals surface area contributed by atoms with E-state index in [1.807, 2.05) is 9.80 Å². The van der Waals surface area contributed by atoms with Crippen LogP contribution >= 0.6 is 0 Å². The molecular weight excluding hydrogens is 562 g/mol. The van der Waals surface area contributed by atoms with Crippen LogP contribution in [-0.2, 0) is 9.47 Å². The third kappa shape index (κ3) is 6.28. The first-order valence-corrected chi connectivity index (χ1v) is 14.2. The van der Waals surface area contributed by atoms with E-state index < -0.39 is 12.2 Å². The van der Waals surface area contributed by atoms with E-state index >= 15 is 0 Å². The summed E-state index contributed by atoms with van der Waals surface area (Å²) in [5.74, 6) is 1.10. The summed E-state index contributed by atoms with van der Waals surface area (Å²) >= 11 is 0. The fraction of sp³-hybridized carbons (Fsp3) is 0.464. The van der Waals surface area contributed by atoms with E-state index in [0.29, 0.717) is 74.8 Å². The van der Waals surface area contributed by atoms with Crippen molar-refractivity contribution in [2.75, 3.05) is 88.3 Å². The van der Waals surface area contributed by atoms with Crippen LogP contribution in [0.3, 0.4) is 0 Å². The molecule has 15 heteroatoms. The Morgan fingerprint density at radius 3 is 2.40 bits per heavy atom. The Morgan fingerprint density at radius 1 is 0.953 bits per heavy atom. The number of anilines is 4. The molecule has 0 radical (unpaired) electrons. The summed E-state index contributed by atoms with van der Waals surface area (Å²) in [6.07, 6.45) is -0.555. The zero-order valence-electron chi connectivity index (χ0n) is 23.9. The fourth-order valence-electron chi connectivity index (χ4n) is 5.23. The molecule has 2 fully saturated rings. The molecule has 0 spiro atoms. The number of alkyl halides is 2. The predicted molar refractivity (Wildman–Crippen MR) is 157 cm³/mol. The zero-order chi connectivity index (χ0) is 29.8. The average Bonchev–Trinajstić information content (AvgIpc) is 3.45. The predicted octanol–water partition coefficient (Wildman–Crippen LogP) is 2.83. The third-order valence-corrected chi connectivity index (χ3v) is 7.43. The number of hydrogen-bond acceptors (Lipinski definition) is 12. The number of nitrogens with zero attached hydrogens (tertiary/aromatic N) is 9. The van der Waals surface area contributed by atoms with Crippen molar-refractivity contribution in [2.45, 2.75) is 12.8 Å². The molecule has 228 valence electrons. The summed E-state index contributed by atoms with van der Waals surface area (Å²) < 4.78 is 46.7. The van der Waals surface area contributed by atoms with Crippen molar-refractivity contribution < 1.29 is 23.0 Å². The largest absolute Gasteiger partial charge is 0.494 e. The first-order chi connectivity index (χ1) is 21.0. The monoisotopic (exact) mass is 596 g/mol. The van der Waals surface area contributed by atoms with Crippen LogP contribution in [0, 0.1) is 0 Å². The van der Waals surface area contributed by atoms with Gasteiger partial charge in [0.15, 0.2) is 5.82 Å². The van der Waals surface area contributed by atoms with Gasteiger partial charge >= 0.3 is 0 Å².